The molecule has 21 heavy (non-hydrogen) atoms. The van der Waals surface area contributed by atoms with Crippen LogP contribution in [-0.4, -0.2) is 30.6 Å². The summed E-state index contributed by atoms with van der Waals surface area (Å²) in [6.45, 7) is 0. The standard InChI is InChI=1S/C13H13ClN4O3/c1-20-10-4-3-8(5-11(10)21-2)6-15-17-9-7-16-18-13(19)12(9)14/h3-7H,1-2H3,(H2,17,18,19). The summed E-state index contributed by atoms with van der Waals surface area (Å²) in [4.78, 5) is 11.3. The summed E-state index contributed by atoms with van der Waals surface area (Å²) in [7, 11) is 3.12. The van der Waals surface area contributed by atoms with Gasteiger partial charge in [-0.2, -0.15) is 10.2 Å². The highest BCUT2D eigenvalue weighted by atomic mass is 35.5. The van der Waals surface area contributed by atoms with Gasteiger partial charge in [-0.25, -0.2) is 5.10 Å². The molecule has 0 bridgehead atoms. The van der Waals surface area contributed by atoms with E-state index in [0.29, 0.717) is 17.2 Å². The molecular formula is C13H13ClN4O3. The molecule has 1 heterocycles. The van der Waals surface area contributed by atoms with E-state index in [1.807, 2.05) is 6.07 Å². The number of aromatic nitrogens is 2. The van der Waals surface area contributed by atoms with Gasteiger partial charge < -0.3 is 9.47 Å². The van der Waals surface area contributed by atoms with Gasteiger partial charge in [-0.3, -0.25) is 10.2 Å². The minimum atomic E-state index is -0.483. The van der Waals surface area contributed by atoms with Crippen LogP contribution in [0.2, 0.25) is 5.02 Å². The fraction of sp³-hybridized carbons (Fsp3) is 0.154. The Morgan fingerprint density at radius 2 is 2.10 bits per heavy atom. The number of H-pyrrole nitrogens is 1. The van der Waals surface area contributed by atoms with Gasteiger partial charge in [-0.15, -0.1) is 0 Å². The molecule has 2 rings (SSSR count). The Hall–Kier alpha value is -2.54. The first-order valence-corrected chi connectivity index (χ1v) is 6.27. The maximum atomic E-state index is 11.3. The zero-order valence-corrected chi connectivity index (χ0v) is 12.1. The highest BCUT2D eigenvalue weighted by molar-refractivity contribution is 6.32. The van der Waals surface area contributed by atoms with Crippen molar-refractivity contribution < 1.29 is 9.47 Å². The summed E-state index contributed by atoms with van der Waals surface area (Å²) in [5, 5.41) is 9.83. The van der Waals surface area contributed by atoms with Crippen LogP contribution < -0.4 is 20.5 Å². The maximum Gasteiger partial charge on any atom is 0.285 e. The molecular weight excluding hydrogens is 296 g/mol. The molecule has 2 aromatic rings. The Balaban J connectivity index is 2.14. The number of benzene rings is 1. The highest BCUT2D eigenvalue weighted by Gasteiger charge is 2.04. The lowest BCUT2D eigenvalue weighted by Crippen LogP contribution is -2.10. The van der Waals surface area contributed by atoms with Crippen LogP contribution in [0.25, 0.3) is 0 Å². The number of hydrogen-bond acceptors (Lipinski definition) is 6. The summed E-state index contributed by atoms with van der Waals surface area (Å²) >= 11 is 5.81. The summed E-state index contributed by atoms with van der Waals surface area (Å²) in [5.74, 6) is 1.22. The average Bonchev–Trinajstić information content (AvgIpc) is 2.51. The molecule has 0 radical (unpaired) electrons. The highest BCUT2D eigenvalue weighted by Crippen LogP contribution is 2.26. The van der Waals surface area contributed by atoms with E-state index in [1.165, 1.54) is 6.20 Å². The monoisotopic (exact) mass is 308 g/mol. The number of rotatable bonds is 5. The van der Waals surface area contributed by atoms with Crippen LogP contribution in [0.3, 0.4) is 0 Å². The molecule has 0 atom stereocenters. The Morgan fingerprint density at radius 3 is 2.81 bits per heavy atom. The first kappa shape index (κ1) is 14.9. The van der Waals surface area contributed by atoms with Crippen molar-refractivity contribution in [2.24, 2.45) is 5.10 Å². The average molecular weight is 309 g/mol. The largest absolute Gasteiger partial charge is 0.493 e. The van der Waals surface area contributed by atoms with Gasteiger partial charge in [0, 0.05) is 0 Å². The van der Waals surface area contributed by atoms with E-state index in [1.54, 1.807) is 32.6 Å². The lowest BCUT2D eigenvalue weighted by Gasteiger charge is -2.07. The van der Waals surface area contributed by atoms with Crippen LogP contribution in [0.1, 0.15) is 5.56 Å². The Kier molecular flexibility index (Phi) is 4.78. The van der Waals surface area contributed by atoms with Crippen molar-refractivity contribution >= 4 is 23.5 Å². The van der Waals surface area contributed by atoms with Gasteiger partial charge >= 0.3 is 0 Å². The SMILES string of the molecule is COc1ccc(C=NNc2cn[nH]c(=O)c2Cl)cc1OC. The van der Waals surface area contributed by atoms with Gasteiger partial charge in [0.1, 0.15) is 10.7 Å². The predicted molar refractivity (Wildman–Crippen MR) is 80.6 cm³/mol. The smallest absolute Gasteiger partial charge is 0.285 e. The molecule has 0 spiro atoms. The number of halogens is 1. The van der Waals surface area contributed by atoms with Gasteiger partial charge in [0.25, 0.3) is 5.56 Å². The van der Waals surface area contributed by atoms with Crippen LogP contribution in [0, 0.1) is 0 Å². The summed E-state index contributed by atoms with van der Waals surface area (Å²) in [5.41, 5.74) is 3.27. The number of methoxy groups -OCH3 is 2. The molecule has 110 valence electrons. The predicted octanol–water partition coefficient (Wildman–Crippen LogP) is 1.89. The van der Waals surface area contributed by atoms with Crippen LogP contribution >= 0.6 is 11.6 Å². The van der Waals surface area contributed by atoms with Crippen molar-refractivity contribution in [3.05, 3.63) is 45.3 Å². The number of nitrogens with one attached hydrogen (secondary N) is 2. The minimum absolute atomic E-state index is 0.00513. The number of anilines is 1. The first-order chi connectivity index (χ1) is 10.2. The number of ether oxygens (including phenoxy) is 2. The minimum Gasteiger partial charge on any atom is -0.493 e. The molecule has 0 aliphatic heterocycles. The topological polar surface area (TPSA) is 88.6 Å². The zero-order valence-electron chi connectivity index (χ0n) is 11.4. The number of hydrogen-bond donors (Lipinski definition) is 2. The maximum absolute atomic E-state index is 11.3. The van der Waals surface area contributed by atoms with E-state index in [-0.39, 0.29) is 5.02 Å². The molecule has 0 fully saturated rings. The van der Waals surface area contributed by atoms with Crippen molar-refractivity contribution in [2.45, 2.75) is 0 Å². The van der Waals surface area contributed by atoms with Gasteiger partial charge in [0.15, 0.2) is 11.5 Å². The molecule has 0 aliphatic carbocycles. The van der Waals surface area contributed by atoms with E-state index in [0.717, 1.165) is 5.56 Å². The lowest BCUT2D eigenvalue weighted by atomic mass is 10.2. The van der Waals surface area contributed by atoms with E-state index in [9.17, 15) is 4.79 Å². The van der Waals surface area contributed by atoms with Crippen LogP contribution in [0.4, 0.5) is 5.69 Å². The second kappa shape index (κ2) is 6.76. The summed E-state index contributed by atoms with van der Waals surface area (Å²) in [6, 6.07) is 5.34. The van der Waals surface area contributed by atoms with Crippen LogP contribution in [0.5, 0.6) is 11.5 Å². The van der Waals surface area contributed by atoms with Crippen molar-refractivity contribution in [1.29, 1.82) is 0 Å². The van der Waals surface area contributed by atoms with Gasteiger partial charge in [-0.05, 0) is 23.8 Å². The van der Waals surface area contributed by atoms with Crippen molar-refractivity contribution in [3.63, 3.8) is 0 Å². The van der Waals surface area contributed by atoms with Gasteiger partial charge in [-0.1, -0.05) is 11.6 Å². The normalized spacial score (nSPS) is 10.6. The molecule has 8 heteroatoms. The van der Waals surface area contributed by atoms with Crippen molar-refractivity contribution in [3.8, 4) is 11.5 Å². The molecule has 0 saturated carbocycles. The third-order valence-electron chi connectivity index (χ3n) is 2.60. The van der Waals surface area contributed by atoms with Crippen LogP contribution in [0.15, 0.2) is 34.3 Å². The fourth-order valence-electron chi connectivity index (χ4n) is 1.57. The number of nitrogens with zero attached hydrogens (tertiary/aromatic N) is 2. The lowest BCUT2D eigenvalue weighted by molar-refractivity contribution is 0.355. The summed E-state index contributed by atoms with van der Waals surface area (Å²) < 4.78 is 10.3. The first-order valence-electron chi connectivity index (χ1n) is 5.90. The molecule has 0 amide bonds. The molecule has 0 unspecified atom stereocenters. The third-order valence-corrected chi connectivity index (χ3v) is 2.98. The van der Waals surface area contributed by atoms with E-state index in [4.69, 9.17) is 21.1 Å². The second-order valence-corrected chi connectivity index (χ2v) is 4.29. The number of hydrazone groups is 1. The van der Waals surface area contributed by atoms with E-state index >= 15 is 0 Å². The fourth-order valence-corrected chi connectivity index (χ4v) is 1.70. The van der Waals surface area contributed by atoms with Crippen molar-refractivity contribution in [1.82, 2.24) is 10.2 Å². The molecule has 2 N–H and O–H groups in total. The summed E-state index contributed by atoms with van der Waals surface area (Å²) in [6.07, 6.45) is 2.93. The molecule has 0 saturated heterocycles. The molecule has 1 aromatic carbocycles. The third kappa shape index (κ3) is 3.51. The molecule has 7 nitrogen and oxygen atoms in total. The molecule has 0 aliphatic rings. The zero-order chi connectivity index (χ0) is 15.2. The van der Waals surface area contributed by atoms with Gasteiger partial charge in [0.2, 0.25) is 0 Å². The Bertz CT molecular complexity index is 715. The van der Waals surface area contributed by atoms with Crippen LogP contribution in [-0.2, 0) is 0 Å². The van der Waals surface area contributed by atoms with Crippen molar-refractivity contribution in [2.75, 3.05) is 19.6 Å². The quantitative estimate of drug-likeness (QED) is 0.650. The van der Waals surface area contributed by atoms with E-state index < -0.39 is 5.56 Å². The Morgan fingerprint density at radius 1 is 1.33 bits per heavy atom. The number of aromatic amines is 1. The Labute approximate surface area is 125 Å². The van der Waals surface area contributed by atoms with Gasteiger partial charge in [0.05, 0.1) is 26.6 Å². The molecule has 1 aromatic heterocycles. The second-order valence-electron chi connectivity index (χ2n) is 3.91. The van der Waals surface area contributed by atoms with E-state index in [2.05, 4.69) is 20.7 Å².